The van der Waals surface area contributed by atoms with E-state index in [-0.39, 0.29) is 18.4 Å². The number of anilines is 1. The number of hydrogen-bond acceptors (Lipinski definition) is 5. The van der Waals surface area contributed by atoms with Crippen LogP contribution in [0.15, 0.2) is 24.4 Å². The molecule has 23 heavy (non-hydrogen) atoms. The number of rotatable bonds is 4. The van der Waals surface area contributed by atoms with E-state index >= 15 is 0 Å². The van der Waals surface area contributed by atoms with Crippen LogP contribution < -0.4 is 15.4 Å². The first kappa shape index (κ1) is 16.0. The van der Waals surface area contributed by atoms with Gasteiger partial charge in [-0.25, -0.2) is 0 Å². The number of halogens is 1. The molecule has 2 N–H and O–H groups in total. The number of methoxy groups -OCH3 is 1. The molecule has 1 saturated heterocycles. The molecule has 6 nitrogen and oxygen atoms in total. The second-order valence-electron chi connectivity index (χ2n) is 5.31. The number of nitrogens with zero attached hydrogens (tertiary/aromatic N) is 1. The highest BCUT2D eigenvalue weighted by Gasteiger charge is 2.18. The Labute approximate surface area is 139 Å². The van der Waals surface area contributed by atoms with Crippen molar-refractivity contribution in [2.45, 2.75) is 12.5 Å². The van der Waals surface area contributed by atoms with E-state index in [4.69, 9.17) is 21.1 Å². The van der Waals surface area contributed by atoms with Gasteiger partial charge in [0.25, 0.3) is 0 Å². The molecule has 1 amide bonds. The summed E-state index contributed by atoms with van der Waals surface area (Å²) in [6.07, 6.45) is 1.81. The van der Waals surface area contributed by atoms with Gasteiger partial charge in [0.2, 0.25) is 5.91 Å². The van der Waals surface area contributed by atoms with E-state index in [2.05, 4.69) is 15.6 Å². The molecule has 2 aromatic rings. The van der Waals surface area contributed by atoms with Crippen molar-refractivity contribution in [1.82, 2.24) is 10.3 Å². The summed E-state index contributed by atoms with van der Waals surface area (Å²) in [4.78, 5) is 16.5. The standard InChI is InChI=1S/C16H18ClN3O3/c1-22-15-8-13-11(12(17)2-3-19-13)7-14(15)20-16(21)6-10-9-18-4-5-23-10/h2-3,7-8,10,18H,4-6,9H2,1H3,(H,20,21). The fourth-order valence-electron chi connectivity index (χ4n) is 2.57. The first-order valence-corrected chi connectivity index (χ1v) is 7.79. The predicted molar refractivity (Wildman–Crippen MR) is 89.2 cm³/mol. The highest BCUT2D eigenvalue weighted by molar-refractivity contribution is 6.35. The number of morpholine rings is 1. The maximum atomic E-state index is 12.2. The smallest absolute Gasteiger partial charge is 0.227 e. The van der Waals surface area contributed by atoms with Gasteiger partial charge in [-0.05, 0) is 12.1 Å². The van der Waals surface area contributed by atoms with Crippen molar-refractivity contribution in [3.8, 4) is 5.75 Å². The number of nitrogens with one attached hydrogen (secondary N) is 2. The fraction of sp³-hybridized carbons (Fsp3) is 0.375. The average Bonchev–Trinajstić information content (AvgIpc) is 2.56. The number of amides is 1. The minimum atomic E-state index is -0.128. The summed E-state index contributed by atoms with van der Waals surface area (Å²) in [5.74, 6) is 0.416. The van der Waals surface area contributed by atoms with Crippen molar-refractivity contribution in [2.24, 2.45) is 0 Å². The van der Waals surface area contributed by atoms with Gasteiger partial charge in [0.1, 0.15) is 5.75 Å². The van der Waals surface area contributed by atoms with E-state index in [0.717, 1.165) is 11.9 Å². The lowest BCUT2D eigenvalue weighted by atomic mass is 10.1. The van der Waals surface area contributed by atoms with Gasteiger partial charge in [-0.3, -0.25) is 9.78 Å². The van der Waals surface area contributed by atoms with E-state index in [1.807, 2.05) is 0 Å². The molecular weight excluding hydrogens is 318 g/mol. The van der Waals surface area contributed by atoms with Crippen LogP contribution in [0.2, 0.25) is 5.02 Å². The summed E-state index contributed by atoms with van der Waals surface area (Å²) in [6, 6.07) is 5.25. The minimum Gasteiger partial charge on any atom is -0.494 e. The van der Waals surface area contributed by atoms with Crippen LogP contribution in [0.1, 0.15) is 6.42 Å². The van der Waals surface area contributed by atoms with Crippen molar-refractivity contribution in [3.05, 3.63) is 29.4 Å². The molecule has 1 aliphatic heterocycles. The number of hydrogen-bond donors (Lipinski definition) is 2. The second kappa shape index (κ2) is 7.12. The largest absolute Gasteiger partial charge is 0.494 e. The molecule has 1 fully saturated rings. The van der Waals surface area contributed by atoms with Crippen molar-refractivity contribution >= 4 is 34.1 Å². The fourth-order valence-corrected chi connectivity index (χ4v) is 2.77. The average molecular weight is 336 g/mol. The Kier molecular flexibility index (Phi) is 4.95. The molecule has 1 unspecified atom stereocenters. The first-order chi connectivity index (χ1) is 11.2. The van der Waals surface area contributed by atoms with Crippen molar-refractivity contribution in [2.75, 3.05) is 32.1 Å². The van der Waals surface area contributed by atoms with Gasteiger partial charge >= 0.3 is 0 Å². The molecule has 3 rings (SSSR count). The first-order valence-electron chi connectivity index (χ1n) is 7.42. The molecule has 2 heterocycles. The Balaban J connectivity index is 1.80. The number of benzene rings is 1. The normalized spacial score (nSPS) is 17.9. The third-order valence-corrected chi connectivity index (χ3v) is 4.03. The quantitative estimate of drug-likeness (QED) is 0.896. The van der Waals surface area contributed by atoms with Crippen LogP contribution in [-0.2, 0) is 9.53 Å². The molecule has 0 radical (unpaired) electrons. The molecule has 1 atom stereocenters. The molecule has 0 spiro atoms. The van der Waals surface area contributed by atoms with E-state index < -0.39 is 0 Å². The summed E-state index contributed by atoms with van der Waals surface area (Å²) in [6.45, 7) is 2.12. The van der Waals surface area contributed by atoms with Crippen molar-refractivity contribution in [1.29, 1.82) is 0 Å². The Morgan fingerprint density at radius 2 is 2.43 bits per heavy atom. The molecule has 1 aliphatic rings. The Morgan fingerprint density at radius 1 is 1.57 bits per heavy atom. The van der Waals surface area contributed by atoms with Crippen LogP contribution in [0.3, 0.4) is 0 Å². The number of carbonyl (C=O) groups is 1. The lowest BCUT2D eigenvalue weighted by Crippen LogP contribution is -2.40. The third-order valence-electron chi connectivity index (χ3n) is 3.70. The summed E-state index contributed by atoms with van der Waals surface area (Å²) in [5.41, 5.74) is 1.29. The van der Waals surface area contributed by atoms with Gasteiger partial charge in [0.05, 0.1) is 42.5 Å². The van der Waals surface area contributed by atoms with Crippen LogP contribution in [0, 0.1) is 0 Å². The Hall–Kier alpha value is -1.89. The molecule has 122 valence electrons. The summed E-state index contributed by atoms with van der Waals surface area (Å²) >= 11 is 6.19. The molecular formula is C16H18ClN3O3. The zero-order valence-electron chi connectivity index (χ0n) is 12.8. The van der Waals surface area contributed by atoms with E-state index in [1.165, 1.54) is 0 Å². The van der Waals surface area contributed by atoms with Gasteiger partial charge in [0, 0.05) is 30.7 Å². The Morgan fingerprint density at radius 3 is 3.17 bits per heavy atom. The maximum absolute atomic E-state index is 12.2. The van der Waals surface area contributed by atoms with Gasteiger partial charge in [-0.2, -0.15) is 0 Å². The van der Waals surface area contributed by atoms with Crippen LogP contribution >= 0.6 is 11.6 Å². The summed E-state index contributed by atoms with van der Waals surface area (Å²) < 4.78 is 10.9. The highest BCUT2D eigenvalue weighted by atomic mass is 35.5. The summed E-state index contributed by atoms with van der Waals surface area (Å²) in [5, 5.41) is 7.41. The molecule has 1 aromatic carbocycles. The highest BCUT2D eigenvalue weighted by Crippen LogP contribution is 2.32. The topological polar surface area (TPSA) is 72.5 Å². The number of ether oxygens (including phenoxy) is 2. The number of aromatic nitrogens is 1. The lowest BCUT2D eigenvalue weighted by Gasteiger charge is -2.23. The molecule has 0 aliphatic carbocycles. The maximum Gasteiger partial charge on any atom is 0.227 e. The van der Waals surface area contributed by atoms with Crippen LogP contribution in [-0.4, -0.2) is 43.8 Å². The second-order valence-corrected chi connectivity index (χ2v) is 5.72. The van der Waals surface area contributed by atoms with Gasteiger partial charge in [0.15, 0.2) is 0 Å². The van der Waals surface area contributed by atoms with Gasteiger partial charge in [-0.15, -0.1) is 0 Å². The molecule has 1 aromatic heterocycles. The van der Waals surface area contributed by atoms with Gasteiger partial charge < -0.3 is 20.1 Å². The van der Waals surface area contributed by atoms with Crippen LogP contribution in [0.25, 0.3) is 10.9 Å². The number of pyridine rings is 1. The van der Waals surface area contributed by atoms with Crippen molar-refractivity contribution < 1.29 is 14.3 Å². The number of carbonyl (C=O) groups excluding carboxylic acids is 1. The lowest BCUT2D eigenvalue weighted by molar-refractivity contribution is -0.119. The molecule has 7 heteroatoms. The summed E-state index contributed by atoms with van der Waals surface area (Å²) in [7, 11) is 1.55. The minimum absolute atomic E-state index is 0.111. The van der Waals surface area contributed by atoms with E-state index in [9.17, 15) is 4.79 Å². The number of fused-ring (bicyclic) bond motifs is 1. The Bertz CT molecular complexity index is 717. The van der Waals surface area contributed by atoms with Gasteiger partial charge in [-0.1, -0.05) is 11.6 Å². The SMILES string of the molecule is COc1cc2nccc(Cl)c2cc1NC(=O)CC1CNCCO1. The molecule has 0 bridgehead atoms. The van der Waals surface area contributed by atoms with E-state index in [0.29, 0.717) is 35.1 Å². The zero-order chi connectivity index (χ0) is 16.2. The predicted octanol–water partition coefficient (Wildman–Crippen LogP) is 2.21. The van der Waals surface area contributed by atoms with Crippen LogP contribution in [0.5, 0.6) is 5.75 Å². The third kappa shape index (κ3) is 3.72. The zero-order valence-corrected chi connectivity index (χ0v) is 13.5. The van der Waals surface area contributed by atoms with Crippen LogP contribution in [0.4, 0.5) is 5.69 Å². The van der Waals surface area contributed by atoms with Crippen molar-refractivity contribution in [3.63, 3.8) is 0 Å². The monoisotopic (exact) mass is 335 g/mol. The molecule has 0 saturated carbocycles. The van der Waals surface area contributed by atoms with E-state index in [1.54, 1.807) is 31.5 Å².